The second kappa shape index (κ2) is 4.45. The molecule has 0 fully saturated rings. The Kier molecular flexibility index (Phi) is 3.26. The molecular weight excluding hydrogens is 311 g/mol. The molecule has 1 aromatic carbocycles. The maximum Gasteiger partial charge on any atom is 0.286 e. The first kappa shape index (κ1) is 13.2. The van der Waals surface area contributed by atoms with Crippen LogP contribution in [0.4, 0.5) is 10.1 Å². The minimum absolute atomic E-state index is 0.0696. The fraction of sp³-hybridized carbons (Fsp3) is 0.400. The lowest BCUT2D eigenvalue weighted by atomic mass is 9.93. The molecule has 18 heavy (non-hydrogen) atoms. The third-order valence-electron chi connectivity index (χ3n) is 2.92. The minimum atomic E-state index is -1.65. The number of aliphatic hydroxyl groups excluding tert-OH is 2. The van der Waals surface area contributed by atoms with E-state index in [1.807, 2.05) is 0 Å². The van der Waals surface area contributed by atoms with Gasteiger partial charge in [0, 0.05) is 10.5 Å². The van der Waals surface area contributed by atoms with Crippen LogP contribution in [0.2, 0.25) is 0 Å². The van der Waals surface area contributed by atoms with Gasteiger partial charge in [0.2, 0.25) is 0 Å². The number of fused-ring (bicyclic) bond motifs is 1. The maximum atomic E-state index is 13.9. The van der Waals surface area contributed by atoms with Gasteiger partial charge in [-0.05, 0) is 34.5 Å². The number of anilines is 1. The average molecular weight is 321 g/mol. The van der Waals surface area contributed by atoms with Gasteiger partial charge in [0.25, 0.3) is 6.04 Å². The molecule has 3 atom stereocenters. The number of hydrogen-bond acceptors (Lipinski definition) is 5. The molecular formula is C10H10BrFN2O4. The van der Waals surface area contributed by atoms with Crippen LogP contribution in [0.25, 0.3) is 0 Å². The van der Waals surface area contributed by atoms with Crippen molar-refractivity contribution in [1.82, 2.24) is 0 Å². The van der Waals surface area contributed by atoms with Crippen LogP contribution in [0.1, 0.15) is 17.2 Å². The van der Waals surface area contributed by atoms with Gasteiger partial charge in [-0.2, -0.15) is 0 Å². The number of halogens is 2. The summed E-state index contributed by atoms with van der Waals surface area (Å²) >= 11 is 3.03. The van der Waals surface area contributed by atoms with E-state index in [-0.39, 0.29) is 15.7 Å². The Labute approximate surface area is 110 Å². The molecule has 8 heteroatoms. The second-order valence-electron chi connectivity index (χ2n) is 4.10. The second-order valence-corrected chi connectivity index (χ2v) is 4.89. The molecule has 1 aromatic rings. The van der Waals surface area contributed by atoms with Crippen molar-refractivity contribution in [2.45, 2.75) is 25.3 Å². The van der Waals surface area contributed by atoms with Crippen LogP contribution in [-0.4, -0.2) is 27.4 Å². The molecule has 2 rings (SSSR count). The average Bonchev–Trinajstić information content (AvgIpc) is 2.28. The largest absolute Gasteiger partial charge is 0.381 e. The standard InChI is InChI=1S/C10H10BrFN2O4/c1-3-2-4-7(6(12)5(3)11)13-10(16)8(9(4)15)14(17)18/h2,8-10,13,15-16H,1H3. The molecule has 0 saturated heterocycles. The fourth-order valence-electron chi connectivity index (χ4n) is 1.98. The van der Waals surface area contributed by atoms with Gasteiger partial charge in [-0.1, -0.05) is 0 Å². The maximum absolute atomic E-state index is 13.9. The van der Waals surface area contributed by atoms with Crippen molar-refractivity contribution in [1.29, 1.82) is 0 Å². The highest BCUT2D eigenvalue weighted by molar-refractivity contribution is 9.10. The zero-order valence-corrected chi connectivity index (χ0v) is 10.8. The zero-order chi connectivity index (χ0) is 13.6. The van der Waals surface area contributed by atoms with E-state index in [1.165, 1.54) is 6.07 Å². The summed E-state index contributed by atoms with van der Waals surface area (Å²) in [5, 5.41) is 32.5. The van der Waals surface area contributed by atoms with Crippen molar-refractivity contribution in [3.05, 3.63) is 37.6 Å². The summed E-state index contributed by atoms with van der Waals surface area (Å²) < 4.78 is 14.1. The van der Waals surface area contributed by atoms with E-state index >= 15 is 0 Å². The summed E-state index contributed by atoms with van der Waals surface area (Å²) in [6.45, 7) is 1.60. The van der Waals surface area contributed by atoms with E-state index < -0.39 is 29.1 Å². The molecule has 0 aromatic heterocycles. The van der Waals surface area contributed by atoms with E-state index in [1.54, 1.807) is 6.92 Å². The Hall–Kier alpha value is -1.25. The third-order valence-corrected chi connectivity index (χ3v) is 3.89. The predicted molar refractivity (Wildman–Crippen MR) is 64.2 cm³/mol. The highest BCUT2D eigenvalue weighted by Gasteiger charge is 2.44. The monoisotopic (exact) mass is 320 g/mol. The van der Waals surface area contributed by atoms with Gasteiger partial charge in [0.05, 0.1) is 10.2 Å². The smallest absolute Gasteiger partial charge is 0.286 e. The lowest BCUT2D eigenvalue weighted by Crippen LogP contribution is -2.47. The number of nitro groups is 1. The number of rotatable bonds is 1. The van der Waals surface area contributed by atoms with Crippen LogP contribution in [0.3, 0.4) is 0 Å². The minimum Gasteiger partial charge on any atom is -0.381 e. The molecule has 98 valence electrons. The van der Waals surface area contributed by atoms with Gasteiger partial charge in [-0.3, -0.25) is 10.1 Å². The Morgan fingerprint density at radius 3 is 2.72 bits per heavy atom. The highest BCUT2D eigenvalue weighted by atomic mass is 79.9. The van der Waals surface area contributed by atoms with E-state index in [4.69, 9.17) is 0 Å². The molecule has 0 radical (unpaired) electrons. The van der Waals surface area contributed by atoms with E-state index in [9.17, 15) is 24.7 Å². The van der Waals surface area contributed by atoms with Crippen LogP contribution >= 0.6 is 15.9 Å². The number of aryl methyl sites for hydroxylation is 1. The van der Waals surface area contributed by atoms with Crippen molar-refractivity contribution >= 4 is 21.6 Å². The van der Waals surface area contributed by atoms with Gasteiger partial charge in [0.1, 0.15) is 0 Å². The molecule has 0 saturated carbocycles. The zero-order valence-electron chi connectivity index (χ0n) is 9.22. The molecule has 3 unspecified atom stereocenters. The molecule has 1 aliphatic rings. The van der Waals surface area contributed by atoms with Crippen molar-refractivity contribution in [3.8, 4) is 0 Å². The molecule has 0 amide bonds. The number of nitrogens with one attached hydrogen (secondary N) is 1. The Morgan fingerprint density at radius 2 is 2.17 bits per heavy atom. The van der Waals surface area contributed by atoms with Gasteiger partial charge in [0.15, 0.2) is 18.1 Å². The first-order valence-electron chi connectivity index (χ1n) is 5.09. The predicted octanol–water partition coefficient (Wildman–Crippen LogP) is 1.32. The normalized spacial score (nSPS) is 26.4. The first-order chi connectivity index (χ1) is 8.34. The molecule has 1 heterocycles. The van der Waals surface area contributed by atoms with Crippen LogP contribution in [-0.2, 0) is 0 Å². The SMILES string of the molecule is Cc1cc2c(c(F)c1Br)NC(O)C([N+](=O)[O-])C2O. The summed E-state index contributed by atoms with van der Waals surface area (Å²) in [4.78, 5) is 9.97. The van der Waals surface area contributed by atoms with E-state index in [0.29, 0.717) is 5.56 Å². The quantitative estimate of drug-likeness (QED) is 0.535. The molecule has 1 aliphatic heterocycles. The van der Waals surface area contributed by atoms with Gasteiger partial charge in [-0.25, -0.2) is 4.39 Å². The third kappa shape index (κ3) is 1.86. The summed E-state index contributed by atoms with van der Waals surface area (Å²) in [6, 6.07) is -0.180. The van der Waals surface area contributed by atoms with Crippen molar-refractivity contribution in [2.75, 3.05) is 5.32 Å². The van der Waals surface area contributed by atoms with Gasteiger partial charge in [-0.15, -0.1) is 0 Å². The van der Waals surface area contributed by atoms with Crippen molar-refractivity contribution in [2.24, 2.45) is 0 Å². The number of benzene rings is 1. The Morgan fingerprint density at radius 1 is 1.56 bits per heavy atom. The number of aliphatic hydroxyl groups is 2. The number of hydrogen-bond donors (Lipinski definition) is 3. The lowest BCUT2D eigenvalue weighted by molar-refractivity contribution is -0.546. The van der Waals surface area contributed by atoms with Gasteiger partial charge < -0.3 is 15.5 Å². The highest BCUT2D eigenvalue weighted by Crippen LogP contribution is 2.39. The molecule has 0 bridgehead atoms. The van der Waals surface area contributed by atoms with E-state index in [0.717, 1.165) is 0 Å². The van der Waals surface area contributed by atoms with E-state index in [2.05, 4.69) is 21.2 Å². The molecule has 3 N–H and O–H groups in total. The van der Waals surface area contributed by atoms with Gasteiger partial charge >= 0.3 is 0 Å². The fourth-order valence-corrected chi connectivity index (χ4v) is 2.29. The van der Waals surface area contributed by atoms with Crippen LogP contribution in [0.15, 0.2) is 10.5 Å². The van der Waals surface area contributed by atoms with Crippen LogP contribution < -0.4 is 5.32 Å². The molecule has 6 nitrogen and oxygen atoms in total. The molecule has 0 spiro atoms. The summed E-state index contributed by atoms with van der Waals surface area (Å²) in [7, 11) is 0. The Balaban J connectivity index is 2.59. The van der Waals surface area contributed by atoms with Crippen LogP contribution in [0.5, 0.6) is 0 Å². The lowest BCUT2D eigenvalue weighted by Gasteiger charge is -2.30. The molecule has 0 aliphatic carbocycles. The van der Waals surface area contributed by atoms with Crippen LogP contribution in [0, 0.1) is 22.9 Å². The first-order valence-corrected chi connectivity index (χ1v) is 5.88. The number of nitrogens with zero attached hydrogens (tertiary/aromatic N) is 1. The van der Waals surface area contributed by atoms with Crippen molar-refractivity contribution < 1.29 is 19.5 Å². The summed E-state index contributed by atoms with van der Waals surface area (Å²) in [5.41, 5.74) is 0.455. The topological polar surface area (TPSA) is 95.6 Å². The van der Waals surface area contributed by atoms with Crippen molar-refractivity contribution in [3.63, 3.8) is 0 Å². The summed E-state index contributed by atoms with van der Waals surface area (Å²) in [6.07, 6.45) is -3.21. The Bertz CT molecular complexity index is 525. The summed E-state index contributed by atoms with van der Waals surface area (Å²) in [5.74, 6) is -0.690.